The fraction of sp³-hybridized carbons (Fsp3) is 0.667. The van der Waals surface area contributed by atoms with Gasteiger partial charge in [-0.15, -0.1) is 6.58 Å². The summed E-state index contributed by atoms with van der Waals surface area (Å²) in [4.78, 5) is 30.2. The number of ether oxygens (including phenoxy) is 2. The Balaban J connectivity index is 2.44. The van der Waals surface area contributed by atoms with Gasteiger partial charge >= 0.3 is 13.6 Å². The molecule has 1 aliphatic heterocycles. The van der Waals surface area contributed by atoms with E-state index in [-0.39, 0.29) is 19.7 Å². The number of hydrogen-bond acceptors (Lipinski definition) is 5. The summed E-state index contributed by atoms with van der Waals surface area (Å²) in [6, 6.07) is 0. The van der Waals surface area contributed by atoms with Crippen molar-refractivity contribution in [1.82, 2.24) is 4.90 Å². The van der Waals surface area contributed by atoms with E-state index in [4.69, 9.17) is 19.3 Å². The van der Waals surface area contributed by atoms with Gasteiger partial charge in [0.15, 0.2) is 0 Å². The van der Waals surface area contributed by atoms with Crippen LogP contribution in [0.4, 0.5) is 0 Å². The van der Waals surface area contributed by atoms with Gasteiger partial charge in [0.05, 0.1) is 19.8 Å². The lowest BCUT2D eigenvalue weighted by Gasteiger charge is -2.31. The largest absolute Gasteiger partial charge is 0.458 e. The number of morpholine rings is 1. The van der Waals surface area contributed by atoms with E-state index >= 15 is 0 Å². The van der Waals surface area contributed by atoms with Crippen LogP contribution in [0.3, 0.4) is 0 Å². The van der Waals surface area contributed by atoms with Crippen LogP contribution in [-0.2, 0) is 18.8 Å². The van der Waals surface area contributed by atoms with Crippen molar-refractivity contribution in [3.8, 4) is 0 Å². The molecule has 1 fully saturated rings. The first-order valence-corrected chi connectivity index (χ1v) is 6.85. The number of carbonyl (C=O) groups is 1. The SMILES string of the molecule is C=CCOCC1CN(CP(=O)(O)O)CC(=O)O1. The highest BCUT2D eigenvalue weighted by molar-refractivity contribution is 7.51. The topological polar surface area (TPSA) is 96.3 Å². The predicted octanol–water partition coefficient (Wildman–Crippen LogP) is -0.448. The summed E-state index contributed by atoms with van der Waals surface area (Å²) in [6.07, 6.45) is 0.626. The van der Waals surface area contributed by atoms with Gasteiger partial charge in [-0.2, -0.15) is 0 Å². The summed E-state index contributed by atoms with van der Waals surface area (Å²) >= 11 is 0. The van der Waals surface area contributed by atoms with Gasteiger partial charge in [0.2, 0.25) is 0 Å². The summed E-state index contributed by atoms with van der Waals surface area (Å²) in [6.45, 7) is 4.16. The monoisotopic (exact) mass is 265 g/mol. The smallest absolute Gasteiger partial charge is 0.339 e. The maximum Gasteiger partial charge on any atom is 0.339 e. The van der Waals surface area contributed by atoms with Crippen molar-refractivity contribution >= 4 is 13.6 Å². The third kappa shape index (κ3) is 5.95. The van der Waals surface area contributed by atoms with Crippen LogP contribution in [0.15, 0.2) is 12.7 Å². The molecule has 0 saturated carbocycles. The van der Waals surface area contributed by atoms with Crippen molar-refractivity contribution in [1.29, 1.82) is 0 Å². The Morgan fingerprint density at radius 3 is 2.94 bits per heavy atom. The Morgan fingerprint density at radius 1 is 1.65 bits per heavy atom. The second kappa shape index (κ2) is 6.28. The summed E-state index contributed by atoms with van der Waals surface area (Å²) in [5.74, 6) is -0.503. The summed E-state index contributed by atoms with van der Waals surface area (Å²) in [5, 5.41) is 0. The van der Waals surface area contributed by atoms with Crippen LogP contribution in [0.2, 0.25) is 0 Å². The van der Waals surface area contributed by atoms with Crippen molar-refractivity contribution in [2.45, 2.75) is 6.10 Å². The molecule has 0 bridgehead atoms. The Labute approximate surface area is 99.2 Å². The Hall–Kier alpha value is -0.720. The zero-order valence-corrected chi connectivity index (χ0v) is 10.2. The maximum atomic E-state index is 11.2. The van der Waals surface area contributed by atoms with Gasteiger partial charge in [0.25, 0.3) is 0 Å². The molecule has 17 heavy (non-hydrogen) atoms. The van der Waals surface area contributed by atoms with Gasteiger partial charge in [-0.25, -0.2) is 0 Å². The molecule has 1 unspecified atom stereocenters. The van der Waals surface area contributed by atoms with Crippen molar-refractivity contribution < 1.29 is 28.6 Å². The van der Waals surface area contributed by atoms with Gasteiger partial charge in [-0.3, -0.25) is 14.3 Å². The van der Waals surface area contributed by atoms with E-state index in [0.29, 0.717) is 6.61 Å². The maximum absolute atomic E-state index is 11.2. The Bertz CT molecular complexity index is 327. The molecule has 0 aromatic carbocycles. The van der Waals surface area contributed by atoms with Crippen LogP contribution in [0.5, 0.6) is 0 Å². The zero-order valence-electron chi connectivity index (χ0n) is 9.32. The second-order valence-corrected chi connectivity index (χ2v) is 5.37. The first-order valence-electron chi connectivity index (χ1n) is 5.06. The molecule has 2 N–H and O–H groups in total. The molecule has 0 aromatic rings. The highest BCUT2D eigenvalue weighted by atomic mass is 31.2. The third-order valence-corrected chi connectivity index (χ3v) is 2.80. The minimum atomic E-state index is -4.16. The lowest BCUT2D eigenvalue weighted by Crippen LogP contribution is -2.47. The molecule has 1 saturated heterocycles. The van der Waals surface area contributed by atoms with Crippen LogP contribution in [-0.4, -0.2) is 59.3 Å². The number of nitrogens with zero attached hydrogens (tertiary/aromatic N) is 1. The van der Waals surface area contributed by atoms with Gasteiger partial charge in [0.1, 0.15) is 12.4 Å². The summed E-state index contributed by atoms with van der Waals surface area (Å²) in [5.41, 5.74) is 0. The quantitative estimate of drug-likeness (QED) is 0.290. The van der Waals surface area contributed by atoms with Gasteiger partial charge in [-0.1, -0.05) is 6.08 Å². The zero-order chi connectivity index (χ0) is 12.9. The van der Waals surface area contributed by atoms with E-state index in [1.807, 2.05) is 0 Å². The van der Waals surface area contributed by atoms with E-state index in [1.54, 1.807) is 6.08 Å². The molecule has 0 amide bonds. The van der Waals surface area contributed by atoms with Gasteiger partial charge < -0.3 is 19.3 Å². The summed E-state index contributed by atoms with van der Waals surface area (Å²) < 4.78 is 20.9. The van der Waals surface area contributed by atoms with Gasteiger partial charge in [0, 0.05) is 6.54 Å². The van der Waals surface area contributed by atoms with E-state index in [1.165, 1.54) is 4.90 Å². The lowest BCUT2D eigenvalue weighted by atomic mass is 10.3. The molecular weight excluding hydrogens is 249 g/mol. The first-order chi connectivity index (χ1) is 7.90. The van der Waals surface area contributed by atoms with Crippen LogP contribution < -0.4 is 0 Å². The number of carbonyl (C=O) groups excluding carboxylic acids is 1. The Kier molecular flexibility index (Phi) is 5.30. The molecule has 0 radical (unpaired) electrons. The standard InChI is InChI=1S/C9H16NO6P/c1-2-3-15-6-8-4-10(5-9(11)16-8)7-17(12,13)14/h2,8H,1,3-7H2,(H2,12,13,14). The Morgan fingerprint density at radius 2 is 2.35 bits per heavy atom. The molecule has 0 spiro atoms. The molecule has 1 heterocycles. The number of rotatable bonds is 6. The number of esters is 1. The molecule has 98 valence electrons. The highest BCUT2D eigenvalue weighted by Gasteiger charge is 2.30. The van der Waals surface area contributed by atoms with Crippen LogP contribution in [0.1, 0.15) is 0 Å². The third-order valence-electron chi connectivity index (χ3n) is 2.04. The van der Waals surface area contributed by atoms with Crippen molar-refractivity contribution in [3.63, 3.8) is 0 Å². The molecular formula is C9H16NO6P. The average molecular weight is 265 g/mol. The van der Waals surface area contributed by atoms with Crippen LogP contribution in [0, 0.1) is 0 Å². The molecule has 0 aromatic heterocycles. The van der Waals surface area contributed by atoms with Gasteiger partial charge in [-0.05, 0) is 0 Å². The lowest BCUT2D eigenvalue weighted by molar-refractivity contribution is -0.161. The van der Waals surface area contributed by atoms with E-state index in [0.717, 1.165) is 0 Å². The van der Waals surface area contributed by atoms with Crippen molar-refractivity contribution in [2.75, 3.05) is 32.6 Å². The highest BCUT2D eigenvalue weighted by Crippen LogP contribution is 2.35. The van der Waals surface area contributed by atoms with E-state index in [2.05, 4.69) is 6.58 Å². The van der Waals surface area contributed by atoms with Crippen LogP contribution in [0.25, 0.3) is 0 Å². The first kappa shape index (κ1) is 14.3. The molecule has 8 heteroatoms. The van der Waals surface area contributed by atoms with Crippen LogP contribution >= 0.6 is 7.60 Å². The number of hydrogen-bond donors (Lipinski definition) is 2. The molecule has 0 aliphatic carbocycles. The van der Waals surface area contributed by atoms with Crippen molar-refractivity contribution in [2.24, 2.45) is 0 Å². The fourth-order valence-corrected chi connectivity index (χ4v) is 2.27. The second-order valence-electron chi connectivity index (χ2n) is 3.76. The minimum Gasteiger partial charge on any atom is -0.458 e. The average Bonchev–Trinajstić information content (AvgIpc) is 2.14. The summed E-state index contributed by atoms with van der Waals surface area (Å²) in [7, 11) is -4.16. The predicted molar refractivity (Wildman–Crippen MR) is 59.4 cm³/mol. The minimum absolute atomic E-state index is 0.108. The van der Waals surface area contributed by atoms with Crippen molar-refractivity contribution in [3.05, 3.63) is 12.7 Å². The molecule has 7 nitrogen and oxygen atoms in total. The van der Waals surface area contributed by atoms with E-state index in [9.17, 15) is 9.36 Å². The molecule has 1 aliphatic rings. The normalized spacial score (nSPS) is 22.2. The van der Waals surface area contributed by atoms with E-state index < -0.39 is 26.0 Å². The number of cyclic esters (lactones) is 1. The fourth-order valence-electron chi connectivity index (χ4n) is 1.53. The molecule has 1 rings (SSSR count). The molecule has 1 atom stereocenters.